The Kier molecular flexibility index (Phi) is 12.0. The van der Waals surface area contributed by atoms with E-state index >= 15 is 0 Å². The lowest BCUT2D eigenvalue weighted by molar-refractivity contribution is -0.138. The number of H-pyrrole nitrogens is 1. The van der Waals surface area contributed by atoms with Gasteiger partial charge in [-0.2, -0.15) is 0 Å². The zero-order valence-electron chi connectivity index (χ0n) is 22.6. The molecule has 4 rings (SSSR count). The summed E-state index contributed by atoms with van der Waals surface area (Å²) in [6, 6.07) is 5.26. The lowest BCUT2D eigenvalue weighted by Gasteiger charge is -2.33. The highest BCUT2D eigenvalue weighted by molar-refractivity contribution is 7.80. The normalized spacial score (nSPS) is 18.3. The second kappa shape index (κ2) is 14.9. The first-order valence-corrected chi connectivity index (χ1v) is 14.6. The van der Waals surface area contributed by atoms with Gasteiger partial charge in [0.05, 0.1) is 10.0 Å². The van der Waals surface area contributed by atoms with Crippen molar-refractivity contribution in [2.24, 2.45) is 5.92 Å². The molecule has 0 spiro atoms. The van der Waals surface area contributed by atoms with E-state index in [1.165, 1.54) is 42.1 Å². The Morgan fingerprint density at radius 2 is 1.84 bits per heavy atom. The summed E-state index contributed by atoms with van der Waals surface area (Å²) in [5.41, 5.74) is 2.32. The van der Waals surface area contributed by atoms with Crippen LogP contribution in [0, 0.1) is 5.92 Å². The van der Waals surface area contributed by atoms with Crippen LogP contribution in [0.3, 0.4) is 0 Å². The number of nitrogens with one attached hydrogen (secondary N) is 2. The van der Waals surface area contributed by atoms with Crippen LogP contribution in [0.4, 0.5) is 5.69 Å². The van der Waals surface area contributed by atoms with Gasteiger partial charge in [0.15, 0.2) is 5.11 Å². The van der Waals surface area contributed by atoms with Crippen molar-refractivity contribution in [1.29, 1.82) is 0 Å². The van der Waals surface area contributed by atoms with Crippen LogP contribution in [0.15, 0.2) is 24.4 Å². The zero-order valence-corrected chi connectivity index (χ0v) is 24.9. The third-order valence-corrected chi connectivity index (χ3v) is 8.47. The molecule has 6 nitrogen and oxygen atoms in total. The monoisotopic (exact) mass is 578 g/mol. The number of piperidine rings is 2. The Morgan fingerprint density at radius 1 is 1.16 bits per heavy atom. The number of hydrogen-bond donors (Lipinski definition) is 3. The molecular formula is C29H40Cl2N4O2S. The molecule has 0 aliphatic carbocycles. The van der Waals surface area contributed by atoms with E-state index in [4.69, 9.17) is 40.5 Å². The van der Waals surface area contributed by atoms with Crippen molar-refractivity contribution in [3.63, 3.8) is 0 Å². The van der Waals surface area contributed by atoms with E-state index in [-0.39, 0.29) is 12.3 Å². The first-order valence-electron chi connectivity index (χ1n) is 13.5. The van der Waals surface area contributed by atoms with Gasteiger partial charge in [0.1, 0.15) is 0 Å². The van der Waals surface area contributed by atoms with E-state index in [0.29, 0.717) is 15.2 Å². The van der Waals surface area contributed by atoms with Gasteiger partial charge in [-0.25, -0.2) is 0 Å². The van der Waals surface area contributed by atoms with Crippen molar-refractivity contribution < 1.29 is 9.90 Å². The molecule has 2 aliphatic rings. The maximum atomic E-state index is 10.7. The van der Waals surface area contributed by atoms with Gasteiger partial charge in [0.25, 0.3) is 0 Å². The number of aromatic nitrogens is 1. The molecule has 0 amide bonds. The van der Waals surface area contributed by atoms with Crippen LogP contribution in [-0.2, 0) is 4.79 Å². The summed E-state index contributed by atoms with van der Waals surface area (Å²) in [6.07, 6.45) is 12.4. The summed E-state index contributed by atoms with van der Waals surface area (Å²) in [6.45, 7) is 8.33. The fraction of sp³-hybridized carbons (Fsp3) is 0.517. The van der Waals surface area contributed by atoms with Crippen LogP contribution < -0.4 is 15.9 Å². The summed E-state index contributed by atoms with van der Waals surface area (Å²) in [5, 5.41) is 16.3. The molecule has 0 radical (unpaired) electrons. The molecule has 2 saturated heterocycles. The SMILES string of the molecule is C/C=c1/c(C2CCN(C)CC2)c[nH]/c1=C/CC.O=C(O)CC1CCN(C(=S)Nc2ccc(Cl)c(Cl)c2)CC1. The number of benzene rings is 1. The molecule has 2 aliphatic heterocycles. The Balaban J connectivity index is 0.000000215. The van der Waals surface area contributed by atoms with Gasteiger partial charge in [-0.3, -0.25) is 4.79 Å². The highest BCUT2D eigenvalue weighted by Crippen LogP contribution is 2.26. The smallest absolute Gasteiger partial charge is 0.303 e. The van der Waals surface area contributed by atoms with E-state index in [9.17, 15) is 4.79 Å². The Labute approximate surface area is 241 Å². The largest absolute Gasteiger partial charge is 0.481 e. The summed E-state index contributed by atoms with van der Waals surface area (Å²) < 4.78 is 0. The van der Waals surface area contributed by atoms with Gasteiger partial charge in [-0.1, -0.05) is 42.3 Å². The highest BCUT2D eigenvalue weighted by atomic mass is 35.5. The standard InChI is InChI=1S/C15H24N2.C14H16Cl2N2O2S/c1-4-6-15-13(5-2)14(11-16-15)12-7-9-17(3)10-8-12;15-11-2-1-10(8-12(11)16)17-14(21)18-5-3-9(4-6-18)7-13(19)20/h5-6,11-12,16H,4,7-10H2,1-3H3;1-2,8-9H,3-7H2,(H,17,21)(H,19,20)/b13-5-,15-6+;. The van der Waals surface area contributed by atoms with Crippen LogP contribution in [0.1, 0.15) is 63.9 Å². The van der Waals surface area contributed by atoms with Crippen LogP contribution in [0.25, 0.3) is 12.2 Å². The lowest BCUT2D eigenvalue weighted by atomic mass is 9.90. The molecule has 208 valence electrons. The number of carboxylic acid groups (broad SMARTS) is 1. The van der Waals surface area contributed by atoms with Gasteiger partial charge >= 0.3 is 5.97 Å². The number of aliphatic carboxylic acids is 1. The number of likely N-dealkylation sites (tertiary alicyclic amines) is 2. The molecule has 3 heterocycles. The quantitative estimate of drug-likeness (QED) is 0.396. The Hall–Kier alpha value is -2.06. The van der Waals surface area contributed by atoms with E-state index < -0.39 is 5.97 Å². The second-order valence-corrected chi connectivity index (χ2v) is 11.3. The molecule has 0 saturated carbocycles. The predicted molar refractivity (Wildman–Crippen MR) is 164 cm³/mol. The fourth-order valence-corrected chi connectivity index (χ4v) is 5.78. The zero-order chi connectivity index (χ0) is 27.7. The third-order valence-electron chi connectivity index (χ3n) is 7.38. The van der Waals surface area contributed by atoms with Crippen molar-refractivity contribution in [2.45, 2.75) is 58.3 Å². The van der Waals surface area contributed by atoms with Gasteiger partial charge < -0.3 is 25.2 Å². The van der Waals surface area contributed by atoms with E-state index in [1.54, 1.807) is 12.1 Å². The number of thiocarbonyl (C=S) groups is 1. The number of anilines is 1. The van der Waals surface area contributed by atoms with Crippen LogP contribution in [-0.4, -0.2) is 64.2 Å². The number of carbonyl (C=O) groups is 1. The van der Waals surface area contributed by atoms with E-state index in [0.717, 1.165) is 44.0 Å². The molecule has 1 aromatic heterocycles. The number of halogens is 2. The van der Waals surface area contributed by atoms with Gasteiger partial charge in [-0.05, 0) is 112 Å². The van der Waals surface area contributed by atoms with Crippen molar-refractivity contribution in [3.05, 3.63) is 50.6 Å². The summed E-state index contributed by atoms with van der Waals surface area (Å²) in [4.78, 5) is 18.6. The minimum atomic E-state index is -0.732. The first kappa shape index (κ1) is 30.5. The molecule has 2 fully saturated rings. The summed E-state index contributed by atoms with van der Waals surface area (Å²) >= 11 is 17.2. The van der Waals surface area contributed by atoms with Crippen molar-refractivity contribution in [2.75, 3.05) is 38.5 Å². The molecule has 0 atom stereocenters. The van der Waals surface area contributed by atoms with Crippen LogP contribution in [0.2, 0.25) is 10.0 Å². The molecule has 0 bridgehead atoms. The Bertz CT molecular complexity index is 1200. The van der Waals surface area contributed by atoms with Gasteiger partial charge in [-0.15, -0.1) is 0 Å². The number of carboxylic acids is 1. The molecule has 0 unspecified atom stereocenters. The van der Waals surface area contributed by atoms with Crippen LogP contribution >= 0.6 is 35.4 Å². The summed E-state index contributed by atoms with van der Waals surface area (Å²) in [7, 11) is 2.22. The molecule has 3 N–H and O–H groups in total. The molecule has 9 heteroatoms. The van der Waals surface area contributed by atoms with Gasteiger partial charge in [0, 0.05) is 36.7 Å². The number of aromatic amines is 1. The molecule has 1 aromatic carbocycles. The maximum absolute atomic E-state index is 10.7. The van der Waals surface area contributed by atoms with E-state index in [2.05, 4.69) is 59.3 Å². The highest BCUT2D eigenvalue weighted by Gasteiger charge is 2.23. The third kappa shape index (κ3) is 8.73. The average molecular weight is 580 g/mol. The fourth-order valence-electron chi connectivity index (χ4n) is 5.18. The lowest BCUT2D eigenvalue weighted by Crippen LogP contribution is -2.41. The summed E-state index contributed by atoms with van der Waals surface area (Å²) in [5.74, 6) is 0.254. The average Bonchev–Trinajstić information content (AvgIpc) is 3.30. The molecule has 38 heavy (non-hydrogen) atoms. The molecule has 2 aromatic rings. The number of hydrogen-bond acceptors (Lipinski definition) is 3. The maximum Gasteiger partial charge on any atom is 0.303 e. The van der Waals surface area contributed by atoms with Crippen molar-refractivity contribution >= 4 is 64.3 Å². The minimum absolute atomic E-state index is 0.237. The van der Waals surface area contributed by atoms with Crippen LogP contribution in [0.5, 0.6) is 0 Å². The number of nitrogens with zero attached hydrogens (tertiary/aromatic N) is 2. The van der Waals surface area contributed by atoms with Gasteiger partial charge in [0.2, 0.25) is 0 Å². The second-order valence-electron chi connectivity index (χ2n) is 10.1. The van der Waals surface area contributed by atoms with Crippen molar-refractivity contribution in [3.8, 4) is 0 Å². The predicted octanol–water partition coefficient (Wildman–Crippen LogP) is 5.69. The first-order chi connectivity index (χ1) is 18.2. The minimum Gasteiger partial charge on any atom is -0.481 e. The molecular weight excluding hydrogens is 539 g/mol. The topological polar surface area (TPSA) is 71.6 Å². The Morgan fingerprint density at radius 3 is 2.42 bits per heavy atom. The number of rotatable bonds is 5. The van der Waals surface area contributed by atoms with E-state index in [1.807, 2.05) is 6.07 Å². The van der Waals surface area contributed by atoms with Crippen molar-refractivity contribution in [1.82, 2.24) is 14.8 Å².